The van der Waals surface area contributed by atoms with E-state index in [1.54, 1.807) is 41.8 Å². The number of furan rings is 1. The first-order valence-corrected chi connectivity index (χ1v) is 11.7. The number of aryl methyl sites for hydroxylation is 1. The minimum Gasteiger partial charge on any atom is -0.467 e. The van der Waals surface area contributed by atoms with Gasteiger partial charge >= 0.3 is 0 Å². The van der Waals surface area contributed by atoms with E-state index in [1.807, 2.05) is 39.8 Å². The molecule has 3 rings (SSSR count). The summed E-state index contributed by atoms with van der Waals surface area (Å²) in [5.74, 6) is -0.798. The molecule has 0 radical (unpaired) electrons. The number of carbonyl (C=O) groups is 3. The van der Waals surface area contributed by atoms with Crippen LogP contribution >= 0.6 is 11.3 Å². The molecule has 33 heavy (non-hydrogen) atoms. The van der Waals surface area contributed by atoms with Crippen LogP contribution in [0.5, 0.6) is 0 Å². The van der Waals surface area contributed by atoms with E-state index in [2.05, 4.69) is 10.6 Å². The predicted molar refractivity (Wildman–Crippen MR) is 129 cm³/mol. The van der Waals surface area contributed by atoms with Crippen molar-refractivity contribution in [3.8, 4) is 0 Å². The zero-order chi connectivity index (χ0) is 24.0. The fourth-order valence-corrected chi connectivity index (χ4v) is 3.94. The Morgan fingerprint density at radius 2 is 1.85 bits per heavy atom. The molecule has 0 aliphatic heterocycles. The summed E-state index contributed by atoms with van der Waals surface area (Å²) in [6.45, 7) is 7.42. The van der Waals surface area contributed by atoms with E-state index in [1.165, 1.54) is 22.5 Å². The predicted octanol–water partition coefficient (Wildman–Crippen LogP) is 4.46. The first kappa shape index (κ1) is 24.3. The summed E-state index contributed by atoms with van der Waals surface area (Å²) in [5, 5.41) is 7.49. The average molecular weight is 468 g/mol. The summed E-state index contributed by atoms with van der Waals surface area (Å²) in [5.41, 5.74) is 0.906. The van der Waals surface area contributed by atoms with Crippen molar-refractivity contribution in [1.29, 1.82) is 0 Å². The minimum absolute atomic E-state index is 0.271. The van der Waals surface area contributed by atoms with Crippen molar-refractivity contribution in [3.05, 3.63) is 76.4 Å². The second-order valence-corrected chi connectivity index (χ2v) is 9.30. The van der Waals surface area contributed by atoms with Crippen molar-refractivity contribution >= 4 is 34.7 Å². The number of amides is 3. The van der Waals surface area contributed by atoms with Crippen molar-refractivity contribution in [1.82, 2.24) is 10.6 Å². The molecule has 2 aromatic heterocycles. The number of nitrogens with one attached hydrogen (secondary N) is 2. The third-order valence-electron chi connectivity index (χ3n) is 5.45. The van der Waals surface area contributed by atoms with Crippen molar-refractivity contribution in [2.45, 2.75) is 45.7 Å². The van der Waals surface area contributed by atoms with Crippen molar-refractivity contribution in [2.75, 3.05) is 11.4 Å². The number of para-hydroxylation sites is 1. The first-order chi connectivity index (χ1) is 15.7. The van der Waals surface area contributed by atoms with Gasteiger partial charge in [0.05, 0.1) is 17.7 Å². The monoisotopic (exact) mass is 467 g/mol. The zero-order valence-corrected chi connectivity index (χ0v) is 20.1. The lowest BCUT2D eigenvalue weighted by molar-refractivity contribution is -0.128. The van der Waals surface area contributed by atoms with Gasteiger partial charge in [-0.05, 0) is 62.4 Å². The lowest BCUT2D eigenvalue weighted by Crippen LogP contribution is -2.52. The van der Waals surface area contributed by atoms with Crippen LogP contribution in [0.25, 0.3) is 0 Å². The third kappa shape index (κ3) is 5.90. The fraction of sp³-hybridized carbons (Fsp3) is 0.320. The molecule has 1 unspecified atom stereocenters. The number of rotatable bonds is 9. The molecular weight excluding hydrogens is 438 g/mol. The van der Waals surface area contributed by atoms with Crippen LogP contribution in [-0.2, 0) is 9.59 Å². The van der Waals surface area contributed by atoms with E-state index in [-0.39, 0.29) is 18.4 Å². The van der Waals surface area contributed by atoms with Crippen LogP contribution in [-0.4, -0.2) is 29.8 Å². The van der Waals surface area contributed by atoms with Gasteiger partial charge in [0.15, 0.2) is 6.04 Å². The Balaban J connectivity index is 1.98. The second kappa shape index (κ2) is 10.5. The Morgan fingerprint density at radius 3 is 2.45 bits per heavy atom. The van der Waals surface area contributed by atoms with Gasteiger partial charge in [0.25, 0.3) is 11.8 Å². The van der Waals surface area contributed by atoms with Gasteiger partial charge < -0.3 is 15.1 Å². The summed E-state index contributed by atoms with van der Waals surface area (Å²) in [4.78, 5) is 41.4. The quantitative estimate of drug-likeness (QED) is 0.486. The van der Waals surface area contributed by atoms with Crippen molar-refractivity contribution < 1.29 is 18.8 Å². The molecule has 0 spiro atoms. The van der Waals surface area contributed by atoms with Gasteiger partial charge in [-0.15, -0.1) is 11.3 Å². The molecule has 3 aromatic rings. The largest absolute Gasteiger partial charge is 0.467 e. The molecule has 1 atom stereocenters. The Hall–Kier alpha value is -3.39. The molecule has 0 saturated heterocycles. The van der Waals surface area contributed by atoms with E-state index in [0.717, 1.165) is 5.56 Å². The van der Waals surface area contributed by atoms with Gasteiger partial charge in [0, 0.05) is 11.2 Å². The number of hydrogen-bond acceptors (Lipinski definition) is 5. The molecule has 0 bridgehead atoms. The van der Waals surface area contributed by atoms with Gasteiger partial charge in [0.2, 0.25) is 5.91 Å². The number of nitrogens with zero attached hydrogens (tertiary/aromatic N) is 1. The molecule has 3 amide bonds. The van der Waals surface area contributed by atoms with E-state index in [0.29, 0.717) is 22.7 Å². The van der Waals surface area contributed by atoms with E-state index in [9.17, 15) is 14.4 Å². The number of benzene rings is 1. The minimum atomic E-state index is -1.04. The maximum absolute atomic E-state index is 13.5. The third-order valence-corrected chi connectivity index (χ3v) is 6.32. The Kier molecular flexibility index (Phi) is 7.71. The number of hydrogen-bond donors (Lipinski definition) is 2. The molecule has 174 valence electrons. The summed E-state index contributed by atoms with van der Waals surface area (Å²) < 4.78 is 5.60. The van der Waals surface area contributed by atoms with Gasteiger partial charge in [-0.3, -0.25) is 19.3 Å². The molecule has 0 saturated carbocycles. The maximum Gasteiger partial charge on any atom is 0.261 e. The molecular formula is C25H29N3O4S. The summed E-state index contributed by atoms with van der Waals surface area (Å²) in [7, 11) is 0. The smallest absolute Gasteiger partial charge is 0.261 e. The second-order valence-electron chi connectivity index (χ2n) is 8.35. The number of anilines is 1. The fourth-order valence-electron chi connectivity index (χ4n) is 3.30. The highest BCUT2D eigenvalue weighted by molar-refractivity contribution is 7.12. The number of thiophene rings is 1. The summed E-state index contributed by atoms with van der Waals surface area (Å²) in [6, 6.07) is 13.1. The molecule has 1 aromatic carbocycles. The topological polar surface area (TPSA) is 91.7 Å². The molecule has 0 aliphatic carbocycles. The van der Waals surface area contributed by atoms with Crippen LogP contribution in [0.2, 0.25) is 0 Å². The van der Waals surface area contributed by atoms with E-state index in [4.69, 9.17) is 4.42 Å². The standard InChI is InChI=1S/C25H29N3O4S/c1-5-25(3,4)27-24(31)22(19-12-8-14-32-19)28(18-11-7-6-10-17(18)2)21(29)16-26-23(30)20-13-9-15-33-20/h6-15,22H,5,16H2,1-4H3,(H,26,30)(H,27,31). The van der Waals surface area contributed by atoms with Crippen LogP contribution in [0.3, 0.4) is 0 Å². The Labute approximate surface area is 197 Å². The van der Waals surface area contributed by atoms with Crippen LogP contribution in [0, 0.1) is 6.92 Å². The van der Waals surface area contributed by atoms with Gasteiger partial charge in [0.1, 0.15) is 5.76 Å². The van der Waals surface area contributed by atoms with Crippen LogP contribution < -0.4 is 15.5 Å². The van der Waals surface area contributed by atoms with Crippen LogP contribution in [0.15, 0.2) is 64.6 Å². The van der Waals surface area contributed by atoms with Gasteiger partial charge in [-0.2, -0.15) is 0 Å². The Bertz CT molecular complexity index is 1090. The molecule has 2 heterocycles. The van der Waals surface area contributed by atoms with Crippen LogP contribution in [0.1, 0.15) is 54.2 Å². The molecule has 7 nitrogen and oxygen atoms in total. The van der Waals surface area contributed by atoms with Crippen LogP contribution in [0.4, 0.5) is 5.69 Å². The normalized spacial score (nSPS) is 12.1. The van der Waals surface area contributed by atoms with E-state index >= 15 is 0 Å². The lowest BCUT2D eigenvalue weighted by atomic mass is 10.00. The van der Waals surface area contributed by atoms with Crippen molar-refractivity contribution in [3.63, 3.8) is 0 Å². The first-order valence-electron chi connectivity index (χ1n) is 10.8. The number of carbonyl (C=O) groups excluding carboxylic acids is 3. The molecule has 2 N–H and O–H groups in total. The van der Waals surface area contributed by atoms with E-state index < -0.39 is 17.5 Å². The maximum atomic E-state index is 13.5. The molecule has 0 aliphatic rings. The lowest BCUT2D eigenvalue weighted by Gasteiger charge is -2.34. The molecule has 8 heteroatoms. The van der Waals surface area contributed by atoms with Gasteiger partial charge in [-0.25, -0.2) is 0 Å². The molecule has 0 fully saturated rings. The summed E-state index contributed by atoms with van der Waals surface area (Å²) >= 11 is 1.29. The van der Waals surface area contributed by atoms with Gasteiger partial charge in [-0.1, -0.05) is 31.2 Å². The zero-order valence-electron chi connectivity index (χ0n) is 19.3. The highest BCUT2D eigenvalue weighted by Crippen LogP contribution is 2.31. The highest BCUT2D eigenvalue weighted by Gasteiger charge is 2.37. The van der Waals surface area contributed by atoms with Crippen molar-refractivity contribution in [2.24, 2.45) is 0 Å². The summed E-state index contributed by atoms with van der Waals surface area (Å²) in [6.07, 6.45) is 2.18. The SMILES string of the molecule is CCC(C)(C)NC(=O)C(c1ccco1)N(C(=O)CNC(=O)c1cccs1)c1ccccc1C. The average Bonchev–Trinajstić information content (AvgIpc) is 3.50. The highest BCUT2D eigenvalue weighted by atomic mass is 32.1. The Morgan fingerprint density at radius 1 is 1.09 bits per heavy atom.